The number of carbonyl (C=O) groups is 1. The fourth-order valence-electron chi connectivity index (χ4n) is 2.48. The fraction of sp³-hybridized carbons (Fsp3) is 0.562. The molecule has 0 saturated carbocycles. The molecule has 0 radical (unpaired) electrons. The number of hydrogen-bond donors (Lipinski definition) is 3. The van der Waals surface area contributed by atoms with Gasteiger partial charge in [0.2, 0.25) is 0 Å². The maximum Gasteiger partial charge on any atom is 0.407 e. The van der Waals surface area contributed by atoms with E-state index in [1.165, 1.54) is 11.1 Å². The molecule has 1 aromatic rings. The van der Waals surface area contributed by atoms with Crippen LogP contribution in [0.25, 0.3) is 0 Å². The highest BCUT2D eigenvalue weighted by molar-refractivity contribution is 5.67. The molecule has 0 unspecified atom stereocenters. The Labute approximate surface area is 124 Å². The van der Waals surface area contributed by atoms with Gasteiger partial charge in [-0.25, -0.2) is 4.79 Å². The molecule has 0 aliphatic heterocycles. The summed E-state index contributed by atoms with van der Waals surface area (Å²) in [5.41, 5.74) is 3.05. The third-order valence-electron chi connectivity index (χ3n) is 3.86. The summed E-state index contributed by atoms with van der Waals surface area (Å²) in [6, 6.07) is 3.71. The van der Waals surface area contributed by atoms with E-state index in [0.29, 0.717) is 12.0 Å². The minimum absolute atomic E-state index is 0.0349. The number of phenolic OH excluding ortho intramolecular Hbond substituents is 1. The minimum atomic E-state index is -0.584. The molecule has 0 spiro atoms. The van der Waals surface area contributed by atoms with Crippen LogP contribution in [0.5, 0.6) is 5.75 Å². The molecule has 2 rings (SSSR count). The molecule has 0 aromatic heterocycles. The van der Waals surface area contributed by atoms with Crippen LogP contribution in [0.15, 0.2) is 12.1 Å². The Balaban J connectivity index is 1.89. The van der Waals surface area contributed by atoms with Gasteiger partial charge in [-0.2, -0.15) is 0 Å². The van der Waals surface area contributed by atoms with Crippen LogP contribution < -0.4 is 5.32 Å². The van der Waals surface area contributed by atoms with Gasteiger partial charge in [-0.1, -0.05) is 6.92 Å². The Hall–Kier alpha value is -1.75. The van der Waals surface area contributed by atoms with E-state index in [2.05, 4.69) is 5.32 Å². The van der Waals surface area contributed by atoms with E-state index in [1.807, 2.05) is 13.0 Å². The first kappa shape index (κ1) is 15.6. The molecule has 0 heterocycles. The number of ether oxygens (including phenoxy) is 1. The van der Waals surface area contributed by atoms with Gasteiger partial charge in [0.15, 0.2) is 0 Å². The van der Waals surface area contributed by atoms with Crippen molar-refractivity contribution in [3.63, 3.8) is 0 Å². The first-order valence-corrected chi connectivity index (χ1v) is 7.52. The first-order chi connectivity index (χ1) is 10.1. The predicted molar refractivity (Wildman–Crippen MR) is 79.2 cm³/mol. The lowest BCUT2D eigenvalue weighted by atomic mass is 9.90. The van der Waals surface area contributed by atoms with Crippen LogP contribution in [0.4, 0.5) is 4.79 Å². The third-order valence-corrected chi connectivity index (χ3v) is 3.86. The van der Waals surface area contributed by atoms with Crippen molar-refractivity contribution in [3.8, 4) is 5.75 Å². The van der Waals surface area contributed by atoms with Crippen molar-refractivity contribution in [2.45, 2.75) is 51.7 Å². The molecule has 1 aromatic carbocycles. The lowest BCUT2D eigenvalue weighted by Crippen LogP contribution is -2.32. The Bertz CT molecular complexity index is 501. The van der Waals surface area contributed by atoms with Gasteiger partial charge in [-0.15, -0.1) is 0 Å². The van der Waals surface area contributed by atoms with Crippen molar-refractivity contribution in [1.29, 1.82) is 0 Å². The number of aliphatic hydroxyl groups is 1. The molecular weight excluding hydrogens is 270 g/mol. The zero-order valence-corrected chi connectivity index (χ0v) is 12.4. The Morgan fingerprint density at radius 2 is 2.00 bits per heavy atom. The van der Waals surface area contributed by atoms with Crippen molar-refractivity contribution in [3.05, 3.63) is 28.8 Å². The van der Waals surface area contributed by atoms with E-state index in [4.69, 9.17) is 4.74 Å². The zero-order chi connectivity index (χ0) is 15.2. The second-order valence-corrected chi connectivity index (χ2v) is 5.48. The summed E-state index contributed by atoms with van der Waals surface area (Å²) in [5.74, 6) is 0.178. The summed E-state index contributed by atoms with van der Waals surface area (Å²) in [4.78, 5) is 11.5. The van der Waals surface area contributed by atoms with Gasteiger partial charge in [-0.05, 0) is 55.4 Å². The number of aryl methyl sites for hydroxylation is 2. The van der Waals surface area contributed by atoms with E-state index >= 15 is 0 Å². The molecule has 1 amide bonds. The molecule has 1 atom stereocenters. The summed E-state index contributed by atoms with van der Waals surface area (Å²) in [5, 5.41) is 21.8. The third kappa shape index (κ3) is 4.36. The first-order valence-electron chi connectivity index (χ1n) is 7.52. The Morgan fingerprint density at radius 1 is 1.33 bits per heavy atom. The van der Waals surface area contributed by atoms with E-state index < -0.39 is 12.2 Å². The summed E-state index contributed by atoms with van der Waals surface area (Å²) in [6.45, 7) is 2.04. The molecule has 0 fully saturated rings. The van der Waals surface area contributed by atoms with E-state index in [0.717, 1.165) is 25.7 Å². The molecule has 0 bridgehead atoms. The lowest BCUT2D eigenvalue weighted by molar-refractivity contribution is 0.124. The average molecular weight is 293 g/mol. The van der Waals surface area contributed by atoms with Gasteiger partial charge in [0.05, 0.1) is 6.10 Å². The fourth-order valence-corrected chi connectivity index (χ4v) is 2.48. The number of fused-ring (bicyclic) bond motifs is 1. The maximum absolute atomic E-state index is 11.5. The normalized spacial score (nSPS) is 15.1. The second kappa shape index (κ2) is 7.31. The number of phenols is 1. The molecular formula is C16H23NO4. The number of aliphatic hydroxyl groups excluding tert-OH is 1. The summed E-state index contributed by atoms with van der Waals surface area (Å²) in [6.07, 6.45) is 3.76. The van der Waals surface area contributed by atoms with Gasteiger partial charge in [0.1, 0.15) is 12.4 Å². The second-order valence-electron chi connectivity index (χ2n) is 5.48. The maximum atomic E-state index is 11.5. The molecule has 5 nitrogen and oxygen atoms in total. The van der Waals surface area contributed by atoms with Crippen LogP contribution in [0.2, 0.25) is 0 Å². The van der Waals surface area contributed by atoms with Crippen molar-refractivity contribution < 1.29 is 19.7 Å². The Morgan fingerprint density at radius 3 is 2.67 bits per heavy atom. The SMILES string of the molecule is CC[C@H](O)CNC(=O)OCc1cc2c(cc1O)CCCC2. The van der Waals surface area contributed by atoms with Gasteiger partial charge >= 0.3 is 6.09 Å². The van der Waals surface area contributed by atoms with Gasteiger partial charge in [0.25, 0.3) is 0 Å². The number of alkyl carbamates (subject to hydrolysis) is 1. The summed E-state index contributed by atoms with van der Waals surface area (Å²) >= 11 is 0. The smallest absolute Gasteiger partial charge is 0.407 e. The quantitative estimate of drug-likeness (QED) is 0.778. The number of hydrogen-bond acceptors (Lipinski definition) is 4. The van der Waals surface area contributed by atoms with Crippen LogP contribution in [0, 0.1) is 0 Å². The number of amides is 1. The van der Waals surface area contributed by atoms with Crippen LogP contribution in [0.1, 0.15) is 42.9 Å². The predicted octanol–water partition coefficient (Wildman–Crippen LogP) is 2.27. The number of nitrogens with one attached hydrogen (secondary N) is 1. The summed E-state index contributed by atoms with van der Waals surface area (Å²) in [7, 11) is 0. The highest BCUT2D eigenvalue weighted by atomic mass is 16.5. The van der Waals surface area contributed by atoms with Gasteiger partial charge in [0, 0.05) is 12.1 Å². The molecule has 21 heavy (non-hydrogen) atoms. The number of aromatic hydroxyl groups is 1. The largest absolute Gasteiger partial charge is 0.508 e. The van der Waals surface area contributed by atoms with Gasteiger partial charge < -0.3 is 20.3 Å². The van der Waals surface area contributed by atoms with E-state index in [1.54, 1.807) is 6.07 Å². The molecule has 3 N–H and O–H groups in total. The zero-order valence-electron chi connectivity index (χ0n) is 12.4. The van der Waals surface area contributed by atoms with E-state index in [-0.39, 0.29) is 18.9 Å². The van der Waals surface area contributed by atoms with Crippen LogP contribution in [0.3, 0.4) is 0 Å². The Kier molecular flexibility index (Phi) is 5.44. The molecule has 1 aliphatic carbocycles. The molecule has 116 valence electrons. The van der Waals surface area contributed by atoms with Crippen molar-refractivity contribution in [2.24, 2.45) is 0 Å². The van der Waals surface area contributed by atoms with Crippen molar-refractivity contribution in [2.75, 3.05) is 6.54 Å². The molecule has 5 heteroatoms. The van der Waals surface area contributed by atoms with Gasteiger partial charge in [-0.3, -0.25) is 0 Å². The van der Waals surface area contributed by atoms with Crippen LogP contribution >= 0.6 is 0 Å². The molecule has 0 saturated heterocycles. The summed E-state index contributed by atoms with van der Waals surface area (Å²) < 4.78 is 5.07. The monoisotopic (exact) mass is 293 g/mol. The standard InChI is InChI=1S/C16H23NO4/c1-2-14(18)9-17-16(20)21-10-13-7-11-5-3-4-6-12(11)8-15(13)19/h7-8,14,18-19H,2-6,9-10H2,1H3,(H,17,20)/t14-/m0/s1. The number of benzene rings is 1. The lowest BCUT2D eigenvalue weighted by Gasteiger charge is -2.18. The van der Waals surface area contributed by atoms with Crippen molar-refractivity contribution in [1.82, 2.24) is 5.32 Å². The van der Waals surface area contributed by atoms with E-state index in [9.17, 15) is 15.0 Å². The number of carbonyl (C=O) groups excluding carboxylic acids is 1. The number of rotatable bonds is 5. The molecule has 1 aliphatic rings. The topological polar surface area (TPSA) is 78.8 Å². The highest BCUT2D eigenvalue weighted by Gasteiger charge is 2.14. The highest BCUT2D eigenvalue weighted by Crippen LogP contribution is 2.28. The average Bonchev–Trinajstić information content (AvgIpc) is 2.50. The van der Waals surface area contributed by atoms with Crippen molar-refractivity contribution >= 4 is 6.09 Å². The van der Waals surface area contributed by atoms with Crippen LogP contribution in [-0.4, -0.2) is 29.0 Å². The van der Waals surface area contributed by atoms with Crippen LogP contribution in [-0.2, 0) is 24.2 Å². The minimum Gasteiger partial charge on any atom is -0.508 e.